The quantitative estimate of drug-likeness (QED) is 0.0349. The minimum Gasteiger partial charge on any atom is -0.469 e. The number of carbonyl (C=O) groups is 4. The van der Waals surface area contributed by atoms with Crippen molar-refractivity contribution in [3.05, 3.63) is 100 Å². The largest absolute Gasteiger partial charge is 0.469 e. The number of aliphatic imine (C=N–C) groups is 1. The number of methoxy groups -OCH3 is 2. The molecule has 432 valence electrons. The highest BCUT2D eigenvalue weighted by Gasteiger charge is 2.56. The molecule has 3 aliphatic heterocycles. The van der Waals surface area contributed by atoms with Gasteiger partial charge in [0.15, 0.2) is 0 Å². The maximum Gasteiger partial charge on any atom is 0.407 e. The van der Waals surface area contributed by atoms with E-state index in [9.17, 15) is 46.2 Å². The zero-order chi connectivity index (χ0) is 58.4. The van der Waals surface area contributed by atoms with E-state index in [0.29, 0.717) is 34.8 Å². The van der Waals surface area contributed by atoms with Gasteiger partial charge < -0.3 is 51.6 Å². The number of benzene rings is 2. The van der Waals surface area contributed by atoms with Gasteiger partial charge in [-0.05, 0) is 86.6 Å². The van der Waals surface area contributed by atoms with Crippen LogP contribution < -0.4 is 32.3 Å². The van der Waals surface area contributed by atoms with Gasteiger partial charge in [0.05, 0.1) is 69.9 Å². The van der Waals surface area contributed by atoms with E-state index in [0.717, 1.165) is 90.3 Å². The molecule has 1 aromatic heterocycles. The van der Waals surface area contributed by atoms with Crippen molar-refractivity contribution in [2.24, 2.45) is 33.2 Å². The minimum atomic E-state index is -4.98. The van der Waals surface area contributed by atoms with Crippen LogP contribution in [0.25, 0.3) is 5.70 Å². The first-order valence-corrected chi connectivity index (χ1v) is 25.5. The fourth-order valence-electron chi connectivity index (χ4n) is 9.23. The number of fused-ring (bicyclic) bond motifs is 2. The van der Waals surface area contributed by atoms with E-state index < -0.39 is 103 Å². The van der Waals surface area contributed by atoms with E-state index >= 15 is 8.78 Å². The van der Waals surface area contributed by atoms with Crippen molar-refractivity contribution in [3.63, 3.8) is 0 Å². The van der Waals surface area contributed by atoms with Crippen molar-refractivity contribution in [3.8, 4) is 11.8 Å². The Morgan fingerprint density at radius 3 is 2.01 bits per heavy atom. The number of piperazine rings is 1. The van der Waals surface area contributed by atoms with Gasteiger partial charge >= 0.3 is 18.2 Å². The summed E-state index contributed by atoms with van der Waals surface area (Å²) in [7, 11) is 2.21. The topological polar surface area (TPSA) is 236 Å². The third-order valence-electron chi connectivity index (χ3n) is 14.1. The van der Waals surface area contributed by atoms with Crippen LogP contribution in [0.1, 0.15) is 81.7 Å². The number of carbonyl (C=O) groups excluding carboxylic acids is 4. The zero-order valence-corrected chi connectivity index (χ0v) is 45.1. The maximum absolute atomic E-state index is 15.1. The van der Waals surface area contributed by atoms with Gasteiger partial charge in [0.1, 0.15) is 23.5 Å². The molecule has 3 fully saturated rings. The number of nitrogens with zero attached hydrogens (tertiary/aromatic N) is 4. The fourth-order valence-corrected chi connectivity index (χ4v) is 9.23. The van der Waals surface area contributed by atoms with Crippen molar-refractivity contribution in [1.82, 2.24) is 25.8 Å². The molecular formula is C55H70F7N9O8. The lowest BCUT2D eigenvalue weighted by molar-refractivity contribution is -0.220. The Labute approximate surface area is 455 Å². The molecule has 8 N–H and O–H groups in total. The number of alkyl carbamates (subject to hydrolysis) is 1. The minimum absolute atomic E-state index is 0.0509. The van der Waals surface area contributed by atoms with Gasteiger partial charge in [0, 0.05) is 78.6 Å². The van der Waals surface area contributed by atoms with E-state index in [4.69, 9.17) is 21.2 Å². The number of halogens is 7. The summed E-state index contributed by atoms with van der Waals surface area (Å²) in [6.45, 7) is 8.77. The number of primary amides is 1. The number of alkyl halides is 5. The number of esters is 1. The zero-order valence-electron chi connectivity index (χ0n) is 45.1. The van der Waals surface area contributed by atoms with Crippen LogP contribution in [0.15, 0.2) is 65.8 Å². The monoisotopic (exact) mass is 1120 g/mol. The number of aromatic nitrogens is 1. The second-order valence-electron chi connectivity index (χ2n) is 21.1. The number of aliphatic hydroxyl groups is 1. The van der Waals surface area contributed by atoms with Crippen LogP contribution in [0.2, 0.25) is 0 Å². The second-order valence-corrected chi connectivity index (χ2v) is 21.1. The molecule has 3 aromatic rings. The summed E-state index contributed by atoms with van der Waals surface area (Å²) >= 11 is 0. The summed E-state index contributed by atoms with van der Waals surface area (Å²) in [4.78, 5) is 60.8. The molecule has 3 aliphatic rings. The number of nitrogens with two attached hydrogens (primary N) is 2. The molecule has 6 atom stereocenters. The highest BCUT2D eigenvalue weighted by atomic mass is 19.4. The number of pyridine rings is 1. The van der Waals surface area contributed by atoms with Crippen LogP contribution in [0.5, 0.6) is 0 Å². The van der Waals surface area contributed by atoms with Gasteiger partial charge in [-0.15, -0.1) is 0 Å². The number of ether oxygens (including phenoxy) is 3. The Morgan fingerprint density at radius 2 is 1.51 bits per heavy atom. The molecule has 79 heavy (non-hydrogen) atoms. The average Bonchev–Trinajstić information content (AvgIpc) is 3.64. The van der Waals surface area contributed by atoms with E-state index in [2.05, 4.69) is 46.7 Å². The van der Waals surface area contributed by atoms with Gasteiger partial charge in [0.25, 0.3) is 6.43 Å². The number of rotatable bonds is 20. The predicted octanol–water partition coefficient (Wildman–Crippen LogP) is 5.64. The highest BCUT2D eigenvalue weighted by molar-refractivity contribution is 5.87. The molecule has 2 bridgehead atoms. The van der Waals surface area contributed by atoms with Crippen molar-refractivity contribution in [2.75, 3.05) is 58.5 Å². The molecule has 24 heteroatoms. The molecule has 2 aromatic carbocycles. The van der Waals surface area contributed by atoms with Gasteiger partial charge in [-0.2, -0.15) is 13.2 Å². The molecule has 0 radical (unpaired) electrons. The second kappa shape index (κ2) is 27.9. The first kappa shape index (κ1) is 63.0. The van der Waals surface area contributed by atoms with E-state index in [1.54, 1.807) is 30.5 Å². The summed E-state index contributed by atoms with van der Waals surface area (Å²) in [5.74, 6) is 2.39. The number of hydrogen-bond acceptors (Lipinski definition) is 14. The van der Waals surface area contributed by atoms with E-state index in [1.165, 1.54) is 7.11 Å². The Balaban J connectivity index is 0.000000781. The van der Waals surface area contributed by atoms with Crippen molar-refractivity contribution < 1.29 is 69.2 Å². The van der Waals surface area contributed by atoms with Crippen LogP contribution >= 0.6 is 0 Å². The molecule has 17 nitrogen and oxygen atoms in total. The Morgan fingerprint density at radius 1 is 0.899 bits per heavy atom. The standard InChI is InChI=1S/C46H53F7N8O5.C9H17NO3/c1-45(2,46(51,52)53)42(59-44(64)65-3)43(63)58-38(39(62)21-56-20-34-35(47)17-30(18-36(34)48)37(54)14-15-55-22-40(49)50)16-28-7-4-27(5-8-28)6-9-29-10-13-41(57-19-29)60-23-31-11-12-32(24-60)61(31)33-25-66-26-33;1-9(2,3)6(8(10)12)5-7(11)13-4/h4-5,7-8,10,13-15,17-19,31-33,38-40,42,56,62H,11-12,16,20-26,54H2,1-3H3,(H,58,63)(H,59,64);6H,5H2,1-4H3,(H2,10,12)/t31?,32?,38-,39-,42+;6-/m01/s1. The predicted molar refractivity (Wildman–Crippen MR) is 281 cm³/mol. The molecular weight excluding hydrogens is 1050 g/mol. The molecule has 3 saturated heterocycles. The molecule has 0 saturated carbocycles. The van der Waals surface area contributed by atoms with Crippen LogP contribution in [0, 0.1) is 40.2 Å². The first-order valence-electron chi connectivity index (χ1n) is 25.5. The number of aliphatic hydroxyl groups excluding tert-OH is 1. The smallest absolute Gasteiger partial charge is 0.407 e. The number of anilines is 1. The van der Waals surface area contributed by atoms with E-state index in [-0.39, 0.29) is 29.5 Å². The highest BCUT2D eigenvalue weighted by Crippen LogP contribution is 2.41. The number of allylic oxidation sites excluding steroid dienone is 1. The Bertz CT molecular complexity index is 2650. The average molecular weight is 1120 g/mol. The van der Waals surface area contributed by atoms with Gasteiger partial charge in [-0.1, -0.05) is 44.7 Å². The molecule has 2 unspecified atom stereocenters. The molecule has 6 rings (SSSR count). The summed E-state index contributed by atoms with van der Waals surface area (Å²) in [6, 6.07) is 10.4. The summed E-state index contributed by atoms with van der Waals surface area (Å²) < 4.78 is 112. The maximum atomic E-state index is 15.1. The van der Waals surface area contributed by atoms with E-state index in [1.807, 2.05) is 38.2 Å². The number of hydrogen-bond donors (Lipinski definition) is 6. The molecule has 0 aliphatic carbocycles. The number of nitrogens with one attached hydrogen (secondary N) is 3. The molecule has 3 amide bonds. The van der Waals surface area contributed by atoms with Gasteiger partial charge in [0.2, 0.25) is 11.8 Å². The Kier molecular flexibility index (Phi) is 22.2. The fraction of sp³-hybridized carbons (Fsp3) is 0.527. The van der Waals surface area contributed by atoms with Gasteiger partial charge in [-0.25, -0.2) is 27.3 Å². The van der Waals surface area contributed by atoms with Crippen molar-refractivity contribution >= 4 is 41.6 Å². The normalized spacial score (nSPS) is 18.5. The Hall–Kier alpha value is -6.81. The lowest BCUT2D eigenvalue weighted by atomic mass is 9.78. The summed E-state index contributed by atoms with van der Waals surface area (Å²) in [5, 5.41) is 18.5. The van der Waals surface area contributed by atoms with Crippen LogP contribution in [0.3, 0.4) is 0 Å². The molecule has 0 spiro atoms. The lowest BCUT2D eigenvalue weighted by Crippen LogP contribution is -2.62. The lowest BCUT2D eigenvalue weighted by Gasteiger charge is -2.47. The SMILES string of the molecule is COC(=O)C[C@H](C(N)=O)C(C)(C)C.COC(=O)N[C@H](C(=O)N[C@@H](Cc1ccc(C#Cc2ccc(N3CC4CCC(C3)N4C3COC3)nc2)cc1)[C@@H](O)CNCc1c(F)cc(C(N)=CC=NCC(F)F)cc1F)C(C)(C)C(F)(F)F. The molecule has 4 heterocycles. The third kappa shape index (κ3) is 17.6. The van der Waals surface area contributed by atoms with Crippen LogP contribution in [-0.4, -0.2) is 148 Å². The van der Waals surface area contributed by atoms with Crippen LogP contribution in [-0.2, 0) is 41.6 Å². The third-order valence-corrected chi connectivity index (χ3v) is 14.1. The summed E-state index contributed by atoms with van der Waals surface area (Å²) in [6.07, 6.45) is -4.48. The first-order chi connectivity index (χ1) is 37.1. The van der Waals surface area contributed by atoms with Crippen LogP contribution in [0.4, 0.5) is 41.3 Å². The number of amides is 3. The summed E-state index contributed by atoms with van der Waals surface area (Å²) in [5.41, 5.74) is 9.03. The van der Waals surface area contributed by atoms with Gasteiger partial charge in [-0.3, -0.25) is 24.3 Å². The van der Waals surface area contributed by atoms with Crippen molar-refractivity contribution in [1.29, 1.82) is 0 Å². The van der Waals surface area contributed by atoms with Crippen molar-refractivity contribution in [2.45, 2.75) is 116 Å².